The predicted molar refractivity (Wildman–Crippen MR) is 150 cm³/mol. The third-order valence-electron chi connectivity index (χ3n) is 7.16. The number of aryl methyl sites for hydroxylation is 1. The van der Waals surface area contributed by atoms with E-state index in [2.05, 4.69) is 17.4 Å². The Hall–Kier alpha value is -4.71. The van der Waals surface area contributed by atoms with Crippen molar-refractivity contribution < 1.29 is 19.5 Å². The minimum Gasteiger partial charge on any atom is -0.481 e. The summed E-state index contributed by atoms with van der Waals surface area (Å²) in [4.78, 5) is 40.4. The van der Waals surface area contributed by atoms with Crippen molar-refractivity contribution in [2.75, 3.05) is 6.54 Å². The second-order valence-electron chi connectivity index (χ2n) is 9.71. The average Bonchev–Trinajstić information content (AvgIpc) is 3.38. The number of nitrogens with zero attached hydrogens (tertiary/aromatic N) is 1. The highest BCUT2D eigenvalue weighted by atomic mass is 16.4. The molecule has 2 N–H and O–H groups in total. The zero-order chi connectivity index (χ0) is 27.2. The molecule has 5 rings (SSSR count). The molecule has 1 aliphatic rings. The van der Waals surface area contributed by atoms with Crippen molar-refractivity contribution in [3.63, 3.8) is 0 Å². The molecule has 0 bridgehead atoms. The largest absolute Gasteiger partial charge is 0.481 e. The Kier molecular flexibility index (Phi) is 7.83. The van der Waals surface area contributed by atoms with Gasteiger partial charge in [-0.25, -0.2) is 0 Å². The van der Waals surface area contributed by atoms with Gasteiger partial charge in [0.05, 0.1) is 12.5 Å². The first kappa shape index (κ1) is 25.9. The van der Waals surface area contributed by atoms with Crippen LogP contribution in [0.5, 0.6) is 0 Å². The van der Waals surface area contributed by atoms with E-state index in [-0.39, 0.29) is 37.4 Å². The van der Waals surface area contributed by atoms with Gasteiger partial charge in [-0.05, 0) is 52.8 Å². The van der Waals surface area contributed by atoms with Crippen LogP contribution in [0.1, 0.15) is 56.3 Å². The number of hydrogen-bond donors (Lipinski definition) is 2. The van der Waals surface area contributed by atoms with E-state index < -0.39 is 5.97 Å². The molecular weight excluding hydrogens is 488 g/mol. The number of fused-ring (bicyclic) bond motifs is 1. The number of aliphatic carboxylic acids is 1. The molecule has 0 aromatic heterocycles. The number of hydrogen-bond acceptors (Lipinski definition) is 3. The fraction of sp³-hybridized carbons (Fsp3) is 0.182. The van der Waals surface area contributed by atoms with Crippen molar-refractivity contribution in [3.05, 3.63) is 131 Å². The smallest absolute Gasteiger partial charge is 0.305 e. The SMILES string of the molecule is O=C(O)CCN(Cc1ccccc1)C(=O)c1ccccc1-c1ccccc1C(=O)NC1CCc2ccccc21. The molecule has 2 amide bonds. The minimum absolute atomic E-state index is 0.0592. The van der Waals surface area contributed by atoms with Gasteiger partial charge in [0.2, 0.25) is 0 Å². The van der Waals surface area contributed by atoms with Gasteiger partial charge in [0.15, 0.2) is 0 Å². The summed E-state index contributed by atoms with van der Waals surface area (Å²) in [6, 6.07) is 32.1. The molecule has 1 unspecified atom stereocenters. The molecule has 1 aliphatic carbocycles. The van der Waals surface area contributed by atoms with Crippen LogP contribution in [0.2, 0.25) is 0 Å². The second-order valence-corrected chi connectivity index (χ2v) is 9.71. The highest BCUT2D eigenvalue weighted by Crippen LogP contribution is 2.33. The molecule has 4 aromatic carbocycles. The van der Waals surface area contributed by atoms with E-state index in [0.717, 1.165) is 24.0 Å². The minimum atomic E-state index is -0.968. The Bertz CT molecular complexity index is 1500. The lowest BCUT2D eigenvalue weighted by Gasteiger charge is -2.24. The summed E-state index contributed by atoms with van der Waals surface area (Å²) in [7, 11) is 0. The quantitative estimate of drug-likeness (QED) is 0.289. The summed E-state index contributed by atoms with van der Waals surface area (Å²) in [5, 5.41) is 12.5. The predicted octanol–water partition coefficient (Wildman–Crippen LogP) is 5.89. The summed E-state index contributed by atoms with van der Waals surface area (Å²) in [6.07, 6.45) is 1.61. The van der Waals surface area contributed by atoms with E-state index in [1.54, 1.807) is 23.1 Å². The van der Waals surface area contributed by atoms with Crippen LogP contribution in [0, 0.1) is 0 Å². The van der Waals surface area contributed by atoms with Crippen LogP contribution in [0.4, 0.5) is 0 Å². The van der Waals surface area contributed by atoms with Crippen LogP contribution in [-0.2, 0) is 17.8 Å². The van der Waals surface area contributed by atoms with Crippen LogP contribution < -0.4 is 5.32 Å². The van der Waals surface area contributed by atoms with Crippen molar-refractivity contribution in [1.82, 2.24) is 10.2 Å². The standard InChI is InChI=1S/C33H30N2O4/c36-31(37)20-21-35(22-23-10-2-1-3-11-23)33(39)29-17-9-7-15-27(29)26-14-6-8-16-28(26)32(38)34-30-19-18-24-12-4-5-13-25(24)30/h1-17,30H,18-22H2,(H,34,38)(H,36,37). The molecule has 1 atom stereocenters. The summed E-state index contributed by atoms with van der Waals surface area (Å²) in [6.45, 7) is 0.352. The highest BCUT2D eigenvalue weighted by Gasteiger charge is 2.26. The molecule has 0 heterocycles. The van der Waals surface area contributed by atoms with Crippen LogP contribution >= 0.6 is 0 Å². The number of carboxylic acids is 1. The van der Waals surface area contributed by atoms with Gasteiger partial charge in [-0.1, -0.05) is 91.0 Å². The summed E-state index contributed by atoms with van der Waals surface area (Å²) < 4.78 is 0. The lowest BCUT2D eigenvalue weighted by Crippen LogP contribution is -2.33. The molecule has 39 heavy (non-hydrogen) atoms. The van der Waals surface area contributed by atoms with E-state index in [1.807, 2.05) is 72.8 Å². The third-order valence-corrected chi connectivity index (χ3v) is 7.16. The molecule has 6 heteroatoms. The van der Waals surface area contributed by atoms with Gasteiger partial charge in [-0.15, -0.1) is 0 Å². The lowest BCUT2D eigenvalue weighted by atomic mass is 9.94. The van der Waals surface area contributed by atoms with Gasteiger partial charge >= 0.3 is 5.97 Å². The number of amides is 2. The number of carbonyl (C=O) groups excluding carboxylic acids is 2. The Morgan fingerprint density at radius 2 is 1.38 bits per heavy atom. The number of carbonyl (C=O) groups is 3. The van der Waals surface area contributed by atoms with Gasteiger partial charge in [0.25, 0.3) is 11.8 Å². The van der Waals surface area contributed by atoms with E-state index in [0.29, 0.717) is 22.3 Å². The Morgan fingerprint density at radius 1 is 0.769 bits per heavy atom. The van der Waals surface area contributed by atoms with Crippen LogP contribution in [0.3, 0.4) is 0 Å². The van der Waals surface area contributed by atoms with Gasteiger partial charge in [-0.3, -0.25) is 14.4 Å². The first-order chi connectivity index (χ1) is 19.0. The van der Waals surface area contributed by atoms with Crippen molar-refractivity contribution in [2.45, 2.75) is 31.8 Å². The molecule has 0 saturated carbocycles. The third kappa shape index (κ3) is 5.91. The Labute approximate surface area is 227 Å². The molecule has 4 aromatic rings. The first-order valence-corrected chi connectivity index (χ1v) is 13.1. The molecule has 0 aliphatic heterocycles. The van der Waals surface area contributed by atoms with Crippen molar-refractivity contribution in [3.8, 4) is 11.1 Å². The number of rotatable bonds is 9. The Balaban J connectivity index is 1.46. The zero-order valence-electron chi connectivity index (χ0n) is 21.5. The van der Waals surface area contributed by atoms with Crippen LogP contribution in [0.15, 0.2) is 103 Å². The number of benzene rings is 4. The van der Waals surface area contributed by atoms with E-state index in [9.17, 15) is 19.5 Å². The molecule has 0 radical (unpaired) electrons. The maximum absolute atomic E-state index is 13.9. The van der Waals surface area contributed by atoms with Gasteiger partial charge in [0, 0.05) is 24.2 Å². The fourth-order valence-electron chi connectivity index (χ4n) is 5.22. The molecule has 0 fully saturated rings. The number of nitrogens with one attached hydrogen (secondary N) is 1. The normalized spacial score (nSPS) is 13.9. The van der Waals surface area contributed by atoms with E-state index in [4.69, 9.17) is 0 Å². The van der Waals surface area contributed by atoms with Crippen molar-refractivity contribution >= 4 is 17.8 Å². The molecule has 0 saturated heterocycles. The summed E-state index contributed by atoms with van der Waals surface area (Å²) in [5.74, 6) is -1.44. The molecular formula is C33H30N2O4. The highest BCUT2D eigenvalue weighted by molar-refractivity contribution is 6.06. The second kappa shape index (κ2) is 11.8. The summed E-state index contributed by atoms with van der Waals surface area (Å²) in [5.41, 5.74) is 5.51. The Morgan fingerprint density at radius 3 is 2.13 bits per heavy atom. The zero-order valence-corrected chi connectivity index (χ0v) is 21.5. The summed E-state index contributed by atoms with van der Waals surface area (Å²) >= 11 is 0. The maximum Gasteiger partial charge on any atom is 0.305 e. The van der Waals surface area contributed by atoms with Crippen molar-refractivity contribution in [1.29, 1.82) is 0 Å². The van der Waals surface area contributed by atoms with Gasteiger partial charge < -0.3 is 15.3 Å². The van der Waals surface area contributed by atoms with Crippen LogP contribution in [-0.4, -0.2) is 34.3 Å². The van der Waals surface area contributed by atoms with E-state index in [1.165, 1.54) is 5.56 Å². The molecule has 6 nitrogen and oxygen atoms in total. The lowest BCUT2D eigenvalue weighted by molar-refractivity contribution is -0.137. The van der Waals surface area contributed by atoms with Gasteiger partial charge in [-0.2, -0.15) is 0 Å². The first-order valence-electron chi connectivity index (χ1n) is 13.1. The number of carboxylic acid groups (broad SMARTS) is 1. The monoisotopic (exact) mass is 518 g/mol. The van der Waals surface area contributed by atoms with Crippen molar-refractivity contribution in [2.24, 2.45) is 0 Å². The topological polar surface area (TPSA) is 86.7 Å². The van der Waals surface area contributed by atoms with Crippen LogP contribution in [0.25, 0.3) is 11.1 Å². The molecule has 0 spiro atoms. The van der Waals surface area contributed by atoms with E-state index >= 15 is 0 Å². The molecule has 196 valence electrons. The average molecular weight is 519 g/mol. The fourth-order valence-corrected chi connectivity index (χ4v) is 5.22. The maximum atomic E-state index is 13.9. The van der Waals surface area contributed by atoms with Gasteiger partial charge in [0.1, 0.15) is 0 Å².